The van der Waals surface area contributed by atoms with E-state index in [1.165, 1.54) is 0 Å². The lowest BCUT2D eigenvalue weighted by Gasteiger charge is -2.10. The number of ether oxygens (including phenoxy) is 3. The SMILES string of the molecule is CCOCCOc1ccc(NC(=O)COc2ccc(Cl)cc2C)cc1. The van der Waals surface area contributed by atoms with Gasteiger partial charge in [-0.15, -0.1) is 0 Å². The van der Waals surface area contributed by atoms with Crippen molar-refractivity contribution in [2.24, 2.45) is 0 Å². The summed E-state index contributed by atoms with van der Waals surface area (Å²) in [5.74, 6) is 1.13. The van der Waals surface area contributed by atoms with Crippen molar-refractivity contribution in [3.8, 4) is 11.5 Å². The lowest BCUT2D eigenvalue weighted by Crippen LogP contribution is -2.20. The number of anilines is 1. The third-order valence-corrected chi connectivity index (χ3v) is 3.57. The number of nitrogens with one attached hydrogen (secondary N) is 1. The first kappa shape index (κ1) is 19.1. The fourth-order valence-corrected chi connectivity index (χ4v) is 2.34. The summed E-state index contributed by atoms with van der Waals surface area (Å²) < 4.78 is 16.2. The predicted octanol–water partition coefficient (Wildman–Crippen LogP) is 4.08. The Balaban J connectivity index is 1.78. The van der Waals surface area contributed by atoms with Gasteiger partial charge in [0.25, 0.3) is 5.91 Å². The van der Waals surface area contributed by atoms with Gasteiger partial charge in [-0.3, -0.25) is 4.79 Å². The monoisotopic (exact) mass is 363 g/mol. The van der Waals surface area contributed by atoms with E-state index in [1.807, 2.05) is 13.8 Å². The highest BCUT2D eigenvalue weighted by atomic mass is 35.5. The maximum Gasteiger partial charge on any atom is 0.262 e. The zero-order valence-electron chi connectivity index (χ0n) is 14.4. The second-order valence-electron chi connectivity index (χ2n) is 5.32. The summed E-state index contributed by atoms with van der Waals surface area (Å²) >= 11 is 5.90. The maximum atomic E-state index is 12.0. The van der Waals surface area contributed by atoms with Crippen molar-refractivity contribution in [2.45, 2.75) is 13.8 Å². The lowest BCUT2D eigenvalue weighted by atomic mass is 10.2. The lowest BCUT2D eigenvalue weighted by molar-refractivity contribution is -0.118. The fraction of sp³-hybridized carbons (Fsp3) is 0.316. The molecule has 0 aliphatic carbocycles. The van der Waals surface area contributed by atoms with Crippen LogP contribution in [-0.2, 0) is 9.53 Å². The summed E-state index contributed by atoms with van der Waals surface area (Å²) in [4.78, 5) is 12.0. The molecular formula is C19H22ClNO4. The topological polar surface area (TPSA) is 56.8 Å². The molecule has 0 aromatic heterocycles. The molecule has 0 bridgehead atoms. The van der Waals surface area contributed by atoms with Gasteiger partial charge in [0.1, 0.15) is 18.1 Å². The molecule has 1 amide bonds. The number of aryl methyl sites for hydroxylation is 1. The van der Waals surface area contributed by atoms with Crippen LogP contribution in [0.25, 0.3) is 0 Å². The van der Waals surface area contributed by atoms with Crippen molar-refractivity contribution in [3.63, 3.8) is 0 Å². The summed E-state index contributed by atoms with van der Waals surface area (Å²) in [5.41, 5.74) is 1.56. The van der Waals surface area contributed by atoms with Crippen LogP contribution < -0.4 is 14.8 Å². The van der Waals surface area contributed by atoms with Gasteiger partial charge in [0, 0.05) is 17.3 Å². The van der Waals surface area contributed by atoms with Crippen molar-refractivity contribution < 1.29 is 19.0 Å². The van der Waals surface area contributed by atoms with E-state index in [0.717, 1.165) is 11.3 Å². The van der Waals surface area contributed by atoms with Crippen LogP contribution in [0.1, 0.15) is 12.5 Å². The third-order valence-electron chi connectivity index (χ3n) is 3.33. The highest BCUT2D eigenvalue weighted by molar-refractivity contribution is 6.30. The van der Waals surface area contributed by atoms with Crippen molar-refractivity contribution >= 4 is 23.2 Å². The molecule has 0 atom stereocenters. The number of halogens is 1. The smallest absolute Gasteiger partial charge is 0.262 e. The fourth-order valence-electron chi connectivity index (χ4n) is 2.11. The van der Waals surface area contributed by atoms with Crippen LogP contribution in [0.2, 0.25) is 5.02 Å². The van der Waals surface area contributed by atoms with E-state index in [4.69, 9.17) is 25.8 Å². The molecule has 2 aromatic carbocycles. The summed E-state index contributed by atoms with van der Waals surface area (Å²) in [6, 6.07) is 12.4. The van der Waals surface area contributed by atoms with Gasteiger partial charge in [0.15, 0.2) is 6.61 Å². The number of hydrogen-bond donors (Lipinski definition) is 1. The number of rotatable bonds is 9. The largest absolute Gasteiger partial charge is 0.491 e. The van der Waals surface area contributed by atoms with Crippen molar-refractivity contribution in [3.05, 3.63) is 53.1 Å². The molecule has 0 radical (unpaired) electrons. The van der Waals surface area contributed by atoms with E-state index >= 15 is 0 Å². The van der Waals surface area contributed by atoms with Crippen LogP contribution in [0.3, 0.4) is 0 Å². The first-order valence-electron chi connectivity index (χ1n) is 8.08. The van der Waals surface area contributed by atoms with Gasteiger partial charge in [0.05, 0.1) is 6.61 Å². The number of carbonyl (C=O) groups excluding carboxylic acids is 1. The number of benzene rings is 2. The summed E-state index contributed by atoms with van der Waals surface area (Å²) in [6.07, 6.45) is 0. The minimum Gasteiger partial charge on any atom is -0.491 e. The van der Waals surface area contributed by atoms with E-state index in [-0.39, 0.29) is 12.5 Å². The summed E-state index contributed by atoms with van der Waals surface area (Å²) in [7, 11) is 0. The zero-order valence-corrected chi connectivity index (χ0v) is 15.1. The Kier molecular flexibility index (Phi) is 7.57. The van der Waals surface area contributed by atoms with E-state index in [9.17, 15) is 4.79 Å². The average molecular weight is 364 g/mol. The Bertz CT molecular complexity index is 688. The second kappa shape index (κ2) is 9.91. The van der Waals surface area contributed by atoms with Crippen molar-refractivity contribution in [2.75, 3.05) is 31.7 Å². The van der Waals surface area contributed by atoms with Gasteiger partial charge >= 0.3 is 0 Å². The first-order chi connectivity index (χ1) is 12.1. The minimum atomic E-state index is -0.237. The Labute approximate surface area is 152 Å². The Morgan fingerprint density at radius 2 is 1.84 bits per heavy atom. The van der Waals surface area contributed by atoms with Gasteiger partial charge < -0.3 is 19.5 Å². The van der Waals surface area contributed by atoms with E-state index in [1.54, 1.807) is 42.5 Å². The maximum absolute atomic E-state index is 12.0. The van der Waals surface area contributed by atoms with Crippen molar-refractivity contribution in [1.29, 1.82) is 0 Å². The van der Waals surface area contributed by atoms with Gasteiger partial charge in [-0.25, -0.2) is 0 Å². The highest BCUT2D eigenvalue weighted by Crippen LogP contribution is 2.22. The standard InChI is InChI=1S/C19H22ClNO4/c1-3-23-10-11-24-17-7-5-16(6-8-17)21-19(22)13-25-18-9-4-15(20)12-14(18)2/h4-9,12H,3,10-11,13H2,1-2H3,(H,21,22). The Morgan fingerprint density at radius 3 is 2.52 bits per heavy atom. The molecule has 6 heteroatoms. The molecule has 0 heterocycles. The van der Waals surface area contributed by atoms with Crippen LogP contribution in [0.15, 0.2) is 42.5 Å². The molecular weight excluding hydrogens is 342 g/mol. The van der Waals surface area contributed by atoms with Crippen molar-refractivity contribution in [1.82, 2.24) is 0 Å². The molecule has 0 fully saturated rings. The van der Waals surface area contributed by atoms with Gasteiger partial charge in [-0.2, -0.15) is 0 Å². The third kappa shape index (κ3) is 6.64. The normalized spacial score (nSPS) is 10.4. The molecule has 2 aromatic rings. The number of hydrogen-bond acceptors (Lipinski definition) is 4. The summed E-state index contributed by atoms with van der Waals surface area (Å²) in [6.45, 7) is 5.46. The van der Waals surface area contributed by atoms with Gasteiger partial charge in [-0.1, -0.05) is 11.6 Å². The van der Waals surface area contributed by atoms with E-state index < -0.39 is 0 Å². The molecule has 0 aliphatic heterocycles. The highest BCUT2D eigenvalue weighted by Gasteiger charge is 2.06. The van der Waals surface area contributed by atoms with Gasteiger partial charge in [0.2, 0.25) is 0 Å². The molecule has 134 valence electrons. The molecule has 0 saturated carbocycles. The van der Waals surface area contributed by atoms with Crippen LogP contribution in [0.5, 0.6) is 11.5 Å². The first-order valence-corrected chi connectivity index (χ1v) is 8.45. The Morgan fingerprint density at radius 1 is 1.08 bits per heavy atom. The van der Waals surface area contributed by atoms with Gasteiger partial charge in [-0.05, 0) is 61.9 Å². The molecule has 5 nitrogen and oxygen atoms in total. The molecule has 1 N–H and O–H groups in total. The molecule has 0 saturated heterocycles. The zero-order chi connectivity index (χ0) is 18.1. The molecule has 0 aliphatic rings. The van der Waals surface area contributed by atoms with Crippen LogP contribution in [0.4, 0.5) is 5.69 Å². The second-order valence-corrected chi connectivity index (χ2v) is 5.75. The molecule has 0 spiro atoms. The molecule has 0 unspecified atom stereocenters. The van der Waals surface area contributed by atoms with Crippen LogP contribution in [-0.4, -0.2) is 32.3 Å². The number of amides is 1. The quantitative estimate of drug-likeness (QED) is 0.682. The van der Waals surface area contributed by atoms with E-state index in [0.29, 0.717) is 36.3 Å². The summed E-state index contributed by atoms with van der Waals surface area (Å²) in [5, 5.41) is 3.41. The predicted molar refractivity (Wildman–Crippen MR) is 98.7 cm³/mol. The molecule has 2 rings (SSSR count). The average Bonchev–Trinajstić information content (AvgIpc) is 2.59. The Hall–Kier alpha value is -2.24. The number of carbonyl (C=O) groups is 1. The molecule has 25 heavy (non-hydrogen) atoms. The minimum absolute atomic E-state index is 0.0743. The van der Waals surface area contributed by atoms with E-state index in [2.05, 4.69) is 5.32 Å². The van der Waals surface area contributed by atoms with Crippen LogP contribution >= 0.6 is 11.6 Å². The van der Waals surface area contributed by atoms with Crippen LogP contribution in [0, 0.1) is 6.92 Å².